The van der Waals surface area contributed by atoms with Crippen LogP contribution in [0.1, 0.15) is 13.3 Å². The third-order valence-electron chi connectivity index (χ3n) is 3.04. The molecule has 1 aromatic carbocycles. The van der Waals surface area contributed by atoms with Crippen LogP contribution in [0.15, 0.2) is 47.8 Å². The van der Waals surface area contributed by atoms with Crippen LogP contribution in [-0.2, 0) is 6.54 Å². The Morgan fingerprint density at radius 2 is 2.05 bits per heavy atom. The Morgan fingerprint density at radius 1 is 1.21 bits per heavy atom. The van der Waals surface area contributed by atoms with E-state index < -0.39 is 0 Å². The van der Waals surface area contributed by atoms with Gasteiger partial charge in [0.15, 0.2) is 0 Å². The second kappa shape index (κ2) is 4.68. The molecule has 0 radical (unpaired) electrons. The molecule has 2 aromatic heterocycles. The first-order valence-electron chi connectivity index (χ1n) is 6.29. The summed E-state index contributed by atoms with van der Waals surface area (Å²) in [6, 6.07) is 7.70. The highest BCUT2D eigenvalue weighted by molar-refractivity contribution is 5.76. The van der Waals surface area contributed by atoms with E-state index in [-0.39, 0.29) is 5.56 Å². The topological polar surface area (TPSA) is 52.7 Å². The van der Waals surface area contributed by atoms with E-state index in [9.17, 15) is 4.79 Å². The lowest BCUT2D eigenvalue weighted by molar-refractivity contribution is 0.643. The summed E-state index contributed by atoms with van der Waals surface area (Å²) < 4.78 is 3.42. The molecular formula is C14H14N4O. The standard InChI is InChI=1S/C14H14N4O/c1-2-8-17-9-7-15-13(14(17)19)18-10-16-11-5-3-4-6-12(11)18/h3-7,9-10H,2,8H2,1H3. The first kappa shape index (κ1) is 11.6. The Morgan fingerprint density at radius 3 is 2.89 bits per heavy atom. The number of nitrogens with zero attached hydrogens (tertiary/aromatic N) is 4. The van der Waals surface area contributed by atoms with Crippen molar-refractivity contribution >= 4 is 11.0 Å². The highest BCUT2D eigenvalue weighted by atomic mass is 16.1. The molecule has 96 valence electrons. The lowest BCUT2D eigenvalue weighted by atomic mass is 10.3. The average Bonchev–Trinajstić information content (AvgIpc) is 2.85. The molecule has 0 spiro atoms. The predicted octanol–water partition coefficient (Wildman–Crippen LogP) is 1.99. The van der Waals surface area contributed by atoms with Gasteiger partial charge in [-0.2, -0.15) is 0 Å². The molecule has 0 aliphatic rings. The lowest BCUT2D eigenvalue weighted by Crippen LogP contribution is -2.24. The molecule has 0 fully saturated rings. The van der Waals surface area contributed by atoms with Gasteiger partial charge < -0.3 is 4.57 Å². The second-order valence-electron chi connectivity index (χ2n) is 4.35. The van der Waals surface area contributed by atoms with E-state index >= 15 is 0 Å². The number of hydrogen-bond acceptors (Lipinski definition) is 3. The van der Waals surface area contributed by atoms with E-state index in [1.807, 2.05) is 31.2 Å². The van der Waals surface area contributed by atoms with Gasteiger partial charge in [-0.15, -0.1) is 0 Å². The monoisotopic (exact) mass is 254 g/mol. The Bertz CT molecular complexity index is 772. The highest BCUT2D eigenvalue weighted by Crippen LogP contribution is 2.14. The van der Waals surface area contributed by atoms with Crippen molar-refractivity contribution in [2.45, 2.75) is 19.9 Å². The second-order valence-corrected chi connectivity index (χ2v) is 4.35. The van der Waals surface area contributed by atoms with Crippen molar-refractivity contribution in [3.8, 4) is 5.82 Å². The number of rotatable bonds is 3. The van der Waals surface area contributed by atoms with Crippen LogP contribution in [0.4, 0.5) is 0 Å². The lowest BCUT2D eigenvalue weighted by Gasteiger charge is -2.06. The number of fused-ring (bicyclic) bond motifs is 1. The minimum absolute atomic E-state index is 0.0903. The Hall–Kier alpha value is -2.43. The maximum atomic E-state index is 12.4. The average molecular weight is 254 g/mol. The van der Waals surface area contributed by atoms with E-state index in [4.69, 9.17) is 0 Å². The van der Waals surface area contributed by atoms with Gasteiger partial charge in [-0.1, -0.05) is 19.1 Å². The van der Waals surface area contributed by atoms with Crippen LogP contribution >= 0.6 is 0 Å². The minimum Gasteiger partial charge on any atom is -0.311 e. The summed E-state index contributed by atoms with van der Waals surface area (Å²) in [5, 5.41) is 0. The van der Waals surface area contributed by atoms with Crippen molar-refractivity contribution < 1.29 is 0 Å². The summed E-state index contributed by atoms with van der Waals surface area (Å²) >= 11 is 0. The third kappa shape index (κ3) is 1.93. The molecule has 0 unspecified atom stereocenters. The number of benzene rings is 1. The van der Waals surface area contributed by atoms with Gasteiger partial charge in [-0.25, -0.2) is 9.97 Å². The summed E-state index contributed by atoms with van der Waals surface area (Å²) in [6.45, 7) is 2.74. The van der Waals surface area contributed by atoms with E-state index in [1.165, 1.54) is 0 Å². The van der Waals surface area contributed by atoms with Gasteiger partial charge in [0.25, 0.3) is 5.56 Å². The smallest absolute Gasteiger partial charge is 0.294 e. The normalized spacial score (nSPS) is 11.0. The number of para-hydroxylation sites is 2. The molecule has 0 atom stereocenters. The van der Waals surface area contributed by atoms with E-state index in [1.54, 1.807) is 27.9 Å². The fourth-order valence-corrected chi connectivity index (χ4v) is 2.15. The number of imidazole rings is 1. The summed E-state index contributed by atoms with van der Waals surface area (Å²) in [7, 11) is 0. The molecular weight excluding hydrogens is 240 g/mol. The summed E-state index contributed by atoms with van der Waals surface area (Å²) in [5.74, 6) is 0.393. The molecule has 5 heteroatoms. The maximum Gasteiger partial charge on any atom is 0.294 e. The zero-order valence-corrected chi connectivity index (χ0v) is 10.7. The SMILES string of the molecule is CCCn1ccnc(-n2cnc3ccccc32)c1=O. The first-order valence-corrected chi connectivity index (χ1v) is 6.29. The van der Waals surface area contributed by atoms with E-state index in [0.717, 1.165) is 17.5 Å². The van der Waals surface area contributed by atoms with E-state index in [0.29, 0.717) is 12.4 Å². The van der Waals surface area contributed by atoms with Crippen LogP contribution in [0.25, 0.3) is 16.9 Å². The summed E-state index contributed by atoms with van der Waals surface area (Å²) in [4.78, 5) is 20.8. The predicted molar refractivity (Wildman–Crippen MR) is 73.4 cm³/mol. The van der Waals surface area contributed by atoms with Crippen molar-refractivity contribution in [1.82, 2.24) is 19.1 Å². The molecule has 3 aromatic rings. The molecule has 0 saturated heterocycles. The zero-order chi connectivity index (χ0) is 13.2. The molecule has 2 heterocycles. The fourth-order valence-electron chi connectivity index (χ4n) is 2.15. The van der Waals surface area contributed by atoms with Crippen molar-refractivity contribution in [2.75, 3.05) is 0 Å². The molecule has 0 amide bonds. The molecule has 0 N–H and O–H groups in total. The Kier molecular flexibility index (Phi) is 2.87. The largest absolute Gasteiger partial charge is 0.311 e. The van der Waals surface area contributed by atoms with Gasteiger partial charge in [-0.05, 0) is 18.6 Å². The van der Waals surface area contributed by atoms with Crippen LogP contribution in [0.2, 0.25) is 0 Å². The van der Waals surface area contributed by atoms with Crippen LogP contribution in [0.3, 0.4) is 0 Å². The first-order chi connectivity index (χ1) is 9.31. The fraction of sp³-hybridized carbons (Fsp3) is 0.214. The molecule has 0 aliphatic carbocycles. The molecule has 0 aliphatic heterocycles. The Labute approximate surface area is 110 Å². The summed E-state index contributed by atoms with van der Waals surface area (Å²) in [6.07, 6.45) is 5.92. The van der Waals surface area contributed by atoms with Crippen LogP contribution in [0.5, 0.6) is 0 Å². The van der Waals surface area contributed by atoms with Crippen LogP contribution in [0, 0.1) is 0 Å². The van der Waals surface area contributed by atoms with Gasteiger partial charge in [0.2, 0.25) is 5.82 Å². The Balaban J connectivity index is 2.22. The zero-order valence-electron chi connectivity index (χ0n) is 10.7. The van der Waals surface area contributed by atoms with Gasteiger partial charge in [0, 0.05) is 18.9 Å². The minimum atomic E-state index is -0.0903. The quantitative estimate of drug-likeness (QED) is 0.718. The molecule has 0 bridgehead atoms. The van der Waals surface area contributed by atoms with Gasteiger partial charge in [-0.3, -0.25) is 9.36 Å². The van der Waals surface area contributed by atoms with Gasteiger partial charge >= 0.3 is 0 Å². The van der Waals surface area contributed by atoms with Gasteiger partial charge in [0.1, 0.15) is 6.33 Å². The van der Waals surface area contributed by atoms with Crippen LogP contribution in [-0.4, -0.2) is 19.1 Å². The maximum absolute atomic E-state index is 12.4. The van der Waals surface area contributed by atoms with Crippen molar-refractivity contribution in [3.63, 3.8) is 0 Å². The molecule has 5 nitrogen and oxygen atoms in total. The van der Waals surface area contributed by atoms with Crippen molar-refractivity contribution in [1.29, 1.82) is 0 Å². The molecule has 19 heavy (non-hydrogen) atoms. The van der Waals surface area contributed by atoms with Crippen LogP contribution < -0.4 is 5.56 Å². The molecule has 0 saturated carbocycles. The third-order valence-corrected chi connectivity index (χ3v) is 3.04. The van der Waals surface area contributed by atoms with Crippen molar-refractivity contribution in [2.24, 2.45) is 0 Å². The number of hydrogen-bond donors (Lipinski definition) is 0. The summed E-state index contributed by atoms with van der Waals surface area (Å²) in [5.41, 5.74) is 1.66. The van der Waals surface area contributed by atoms with Crippen molar-refractivity contribution in [3.05, 3.63) is 53.3 Å². The highest BCUT2D eigenvalue weighted by Gasteiger charge is 2.10. The number of aryl methyl sites for hydroxylation is 1. The molecule has 3 rings (SSSR count). The van der Waals surface area contributed by atoms with Gasteiger partial charge in [0.05, 0.1) is 11.0 Å². The number of aromatic nitrogens is 4. The van der Waals surface area contributed by atoms with E-state index in [2.05, 4.69) is 9.97 Å².